The zero-order chi connectivity index (χ0) is 45.5. The average Bonchev–Trinajstić information content (AvgIpc) is 3.26. The molecule has 3 aromatic carbocycles. The number of nitrogens with two attached hydrogens (primary N) is 1. The fourth-order valence-corrected chi connectivity index (χ4v) is 6.97. The van der Waals surface area contributed by atoms with Gasteiger partial charge in [-0.2, -0.15) is 0 Å². The van der Waals surface area contributed by atoms with Crippen molar-refractivity contribution in [3.63, 3.8) is 0 Å². The number of primary amides is 1. The SMILES string of the molecule is CC(=O)NC1C(OCc2ccccc2)OC(CO)C(O)C1OCC(=O)NC(C)C(=O)NC(CCC(=O)NCCNCCNc1c2ccccc2nc2cccc([N+](=O)[O-])c12)C(N)=O. The van der Waals surface area contributed by atoms with Crippen LogP contribution in [0.25, 0.3) is 21.8 Å². The minimum absolute atomic E-state index is 0.0594. The molecule has 21 heteroatoms. The highest BCUT2D eigenvalue weighted by Gasteiger charge is 2.47. The number of nitro benzene ring substituents is 1. The molecule has 7 atom stereocenters. The van der Waals surface area contributed by atoms with E-state index in [2.05, 4.69) is 36.9 Å². The summed E-state index contributed by atoms with van der Waals surface area (Å²) in [5.41, 5.74) is 8.02. The highest BCUT2D eigenvalue weighted by molar-refractivity contribution is 6.11. The highest BCUT2D eigenvalue weighted by atomic mass is 16.7. The van der Waals surface area contributed by atoms with E-state index in [1.54, 1.807) is 12.1 Å². The number of carbonyl (C=O) groups is 5. The summed E-state index contributed by atoms with van der Waals surface area (Å²) < 4.78 is 17.4. The van der Waals surface area contributed by atoms with Crippen molar-refractivity contribution in [2.45, 2.75) is 76.0 Å². The van der Waals surface area contributed by atoms with E-state index in [-0.39, 0.29) is 31.7 Å². The molecule has 0 saturated carbocycles. The van der Waals surface area contributed by atoms with Crippen LogP contribution in [0.2, 0.25) is 0 Å². The topological polar surface area (TPSA) is 308 Å². The lowest BCUT2D eigenvalue weighted by Crippen LogP contribution is -2.65. The standard InChI is InChI=1S/C42H53N9O12/c1-24(47-34(55)23-61-39-37(48-25(2)53)42(63-32(21-52)38(39)56)62-22-26-9-4-3-5-10-26)41(58)50-30(40(43)57)15-16-33(54)45-19-17-44-18-20-46-36-27-11-6-7-12-28(27)49-29-13-8-14-31(35(29)36)51(59)60/h3-14,24,30,32,37-39,42,44,52,56H,15-23H2,1-2H3,(H2,43,57)(H,45,54)(H,46,49)(H,47,55)(H,48,53)(H,50,58). The highest BCUT2D eigenvalue weighted by Crippen LogP contribution is 2.36. The number of ether oxygens (including phenoxy) is 3. The molecule has 1 aromatic heterocycles. The fraction of sp³-hybridized carbons (Fsp3) is 0.429. The van der Waals surface area contributed by atoms with E-state index < -0.39 is 90.4 Å². The van der Waals surface area contributed by atoms with Crippen LogP contribution in [-0.2, 0) is 44.8 Å². The second-order valence-electron chi connectivity index (χ2n) is 14.8. The number of carbonyl (C=O) groups excluding carboxylic acids is 5. The normalized spacial score (nSPS) is 19.4. The largest absolute Gasteiger partial charge is 0.394 e. The van der Waals surface area contributed by atoms with Crippen molar-refractivity contribution in [3.8, 4) is 0 Å². The predicted molar refractivity (Wildman–Crippen MR) is 229 cm³/mol. The molecular weight excluding hydrogens is 823 g/mol. The second kappa shape index (κ2) is 23.2. The van der Waals surface area contributed by atoms with Gasteiger partial charge >= 0.3 is 0 Å². The van der Waals surface area contributed by atoms with Crippen LogP contribution >= 0.6 is 0 Å². The Kier molecular flexibility index (Phi) is 17.6. The molecule has 0 radical (unpaired) electrons. The molecule has 5 amide bonds. The van der Waals surface area contributed by atoms with Gasteiger partial charge in [-0.3, -0.25) is 34.1 Å². The van der Waals surface area contributed by atoms with Crippen LogP contribution in [0.5, 0.6) is 0 Å². The number of para-hydroxylation sites is 1. The molecule has 4 aromatic rings. The third-order valence-electron chi connectivity index (χ3n) is 10.1. The van der Waals surface area contributed by atoms with E-state index in [0.717, 1.165) is 10.9 Å². The maximum atomic E-state index is 13.0. The van der Waals surface area contributed by atoms with E-state index >= 15 is 0 Å². The molecule has 7 unspecified atom stereocenters. The third-order valence-corrected chi connectivity index (χ3v) is 10.1. The molecule has 10 N–H and O–H groups in total. The quantitative estimate of drug-likeness (QED) is 0.0203. The van der Waals surface area contributed by atoms with E-state index in [1.807, 2.05) is 54.6 Å². The van der Waals surface area contributed by atoms with Gasteiger partial charge in [0.25, 0.3) is 5.69 Å². The number of pyridine rings is 1. The van der Waals surface area contributed by atoms with Crippen LogP contribution < -0.4 is 37.6 Å². The zero-order valence-corrected chi connectivity index (χ0v) is 34.8. The number of fused-ring (bicyclic) bond motifs is 2. The smallest absolute Gasteiger partial charge is 0.280 e. The van der Waals surface area contributed by atoms with Crippen LogP contribution in [-0.4, -0.2) is 132 Å². The van der Waals surface area contributed by atoms with Gasteiger partial charge in [-0.25, -0.2) is 4.98 Å². The summed E-state index contributed by atoms with van der Waals surface area (Å²) >= 11 is 0. The Labute approximate surface area is 361 Å². The summed E-state index contributed by atoms with van der Waals surface area (Å²) in [4.78, 5) is 78.8. The second-order valence-corrected chi connectivity index (χ2v) is 14.8. The molecule has 1 aliphatic rings. The number of non-ortho nitro benzene ring substituents is 1. The monoisotopic (exact) mass is 875 g/mol. The molecular formula is C42H53N9O12. The zero-order valence-electron chi connectivity index (χ0n) is 34.8. The van der Waals surface area contributed by atoms with Gasteiger partial charge in [0, 0.05) is 51.0 Å². The minimum atomic E-state index is -1.49. The number of anilines is 1. The van der Waals surface area contributed by atoms with Crippen molar-refractivity contribution in [3.05, 3.63) is 88.5 Å². The summed E-state index contributed by atoms with van der Waals surface area (Å²) in [6.07, 6.45) is -5.40. The molecule has 21 nitrogen and oxygen atoms in total. The van der Waals surface area contributed by atoms with Crippen LogP contribution in [0.3, 0.4) is 0 Å². The molecule has 1 saturated heterocycles. The number of aliphatic hydroxyl groups excluding tert-OH is 2. The lowest BCUT2D eigenvalue weighted by molar-refractivity contribution is -0.383. The third kappa shape index (κ3) is 13.3. The number of benzene rings is 3. The van der Waals surface area contributed by atoms with Gasteiger partial charge in [-0.15, -0.1) is 0 Å². The molecule has 0 spiro atoms. The summed E-state index contributed by atoms with van der Waals surface area (Å²) in [6, 6.07) is 17.6. The maximum Gasteiger partial charge on any atom is 0.280 e. The fourth-order valence-electron chi connectivity index (χ4n) is 6.97. The van der Waals surface area contributed by atoms with Gasteiger partial charge < -0.3 is 62.1 Å². The van der Waals surface area contributed by atoms with Gasteiger partial charge in [0.1, 0.15) is 48.4 Å². The van der Waals surface area contributed by atoms with Crippen LogP contribution in [0.1, 0.15) is 32.3 Å². The van der Waals surface area contributed by atoms with Gasteiger partial charge in [-0.1, -0.05) is 54.6 Å². The van der Waals surface area contributed by atoms with Crippen LogP contribution in [0, 0.1) is 10.1 Å². The lowest BCUT2D eigenvalue weighted by atomic mass is 9.96. The first kappa shape index (κ1) is 47.7. The summed E-state index contributed by atoms with van der Waals surface area (Å²) in [6.45, 7) is 2.83. The molecule has 5 rings (SSSR count). The molecule has 1 fully saturated rings. The summed E-state index contributed by atoms with van der Waals surface area (Å²) in [5, 5.41) is 50.5. The summed E-state index contributed by atoms with van der Waals surface area (Å²) in [7, 11) is 0. The molecule has 0 bridgehead atoms. The van der Waals surface area contributed by atoms with Gasteiger partial charge in [0.2, 0.25) is 29.5 Å². The van der Waals surface area contributed by atoms with Crippen LogP contribution in [0.15, 0.2) is 72.8 Å². The first-order valence-corrected chi connectivity index (χ1v) is 20.3. The lowest BCUT2D eigenvalue weighted by Gasteiger charge is -2.44. The minimum Gasteiger partial charge on any atom is -0.394 e. The summed E-state index contributed by atoms with van der Waals surface area (Å²) in [5.74, 6) is -3.36. The Balaban J connectivity index is 1.03. The Morgan fingerprint density at radius 2 is 1.63 bits per heavy atom. The van der Waals surface area contributed by atoms with Crippen molar-refractivity contribution in [2.75, 3.05) is 44.7 Å². The first-order valence-electron chi connectivity index (χ1n) is 20.3. The number of nitro groups is 1. The number of nitrogens with one attached hydrogen (secondary N) is 6. The first-order chi connectivity index (χ1) is 30.3. The number of aromatic nitrogens is 1. The predicted octanol–water partition coefficient (Wildman–Crippen LogP) is -0.146. The van der Waals surface area contributed by atoms with Crippen LogP contribution in [0.4, 0.5) is 11.4 Å². The number of hydrogen-bond acceptors (Lipinski definition) is 15. The number of aliphatic hydroxyl groups is 2. The van der Waals surface area contributed by atoms with Crippen molar-refractivity contribution < 1.29 is 53.3 Å². The van der Waals surface area contributed by atoms with E-state index in [1.165, 1.54) is 19.9 Å². The molecule has 0 aliphatic carbocycles. The van der Waals surface area contributed by atoms with Crippen molar-refractivity contribution in [2.24, 2.45) is 5.73 Å². The number of nitrogens with zero attached hydrogens (tertiary/aromatic N) is 2. The Morgan fingerprint density at radius 1 is 0.921 bits per heavy atom. The van der Waals surface area contributed by atoms with Gasteiger partial charge in [0.05, 0.1) is 34.9 Å². The Morgan fingerprint density at radius 3 is 2.35 bits per heavy atom. The van der Waals surface area contributed by atoms with E-state index in [4.69, 9.17) is 19.9 Å². The Hall–Kier alpha value is -6.36. The van der Waals surface area contributed by atoms with Crippen molar-refractivity contribution >= 4 is 62.7 Å². The number of amides is 5. The number of hydrogen-bond donors (Lipinski definition) is 9. The molecule has 1 aliphatic heterocycles. The average molecular weight is 876 g/mol. The molecule has 2 heterocycles. The van der Waals surface area contributed by atoms with Gasteiger partial charge in [0.15, 0.2) is 6.29 Å². The van der Waals surface area contributed by atoms with E-state index in [0.29, 0.717) is 41.7 Å². The van der Waals surface area contributed by atoms with Crippen molar-refractivity contribution in [1.29, 1.82) is 0 Å². The molecule has 338 valence electrons. The van der Waals surface area contributed by atoms with Gasteiger partial charge in [-0.05, 0) is 31.0 Å². The van der Waals surface area contributed by atoms with E-state index in [9.17, 15) is 44.3 Å². The Bertz CT molecular complexity index is 2230. The number of rotatable bonds is 23. The van der Waals surface area contributed by atoms with Crippen molar-refractivity contribution in [1.82, 2.24) is 31.6 Å². The maximum absolute atomic E-state index is 13.0. The molecule has 63 heavy (non-hydrogen) atoms.